The molecule has 5 heterocycles. The van der Waals surface area contributed by atoms with Crippen LogP contribution >= 0.6 is 0 Å². The molecule has 200 valence electrons. The highest BCUT2D eigenvalue weighted by Crippen LogP contribution is 2.36. The molecule has 11 nitrogen and oxygen atoms in total. The van der Waals surface area contributed by atoms with Crippen molar-refractivity contribution in [1.29, 1.82) is 0 Å². The van der Waals surface area contributed by atoms with E-state index in [1.54, 1.807) is 76.8 Å². The van der Waals surface area contributed by atoms with E-state index >= 15 is 4.39 Å². The van der Waals surface area contributed by atoms with Crippen LogP contribution in [0.5, 0.6) is 0 Å². The molecule has 0 aliphatic heterocycles. The summed E-state index contributed by atoms with van der Waals surface area (Å²) in [5, 5.41) is 8.56. The predicted molar refractivity (Wildman–Crippen MR) is 149 cm³/mol. The Hall–Kier alpha value is -5.26. The number of imidazole rings is 3. The Bertz CT molecular complexity index is 2170. The normalized spacial score (nSPS) is 11.8. The molecule has 0 saturated carbocycles. The lowest BCUT2D eigenvalue weighted by molar-refractivity contribution is 0.632. The topological polar surface area (TPSA) is 98.2 Å². The minimum Gasteiger partial charge on any atom is -0.331 e. The first kappa shape index (κ1) is 23.8. The van der Waals surface area contributed by atoms with Gasteiger partial charge in [-0.05, 0) is 18.2 Å². The number of halogens is 1. The summed E-state index contributed by atoms with van der Waals surface area (Å²) in [7, 11) is 9.03. The summed E-state index contributed by atoms with van der Waals surface area (Å²) in [6, 6.07) is 7.18. The molecule has 0 bridgehead atoms. The highest BCUT2D eigenvalue weighted by atomic mass is 19.1. The van der Waals surface area contributed by atoms with Crippen LogP contribution < -0.4 is 5.69 Å². The van der Waals surface area contributed by atoms with Crippen molar-refractivity contribution in [3.05, 3.63) is 77.9 Å². The molecular weight excluding hydrogens is 511 g/mol. The number of aromatic nitrogens is 10. The van der Waals surface area contributed by atoms with Gasteiger partial charge in [0, 0.05) is 76.0 Å². The standard InChI is InChI=1S/C28H25FN10O/c1-34-15-30-12-25(34)27-33-22-8-19(16-10-31-35(2)13-16)21(29)9-23(22)39(27)18-6-20(17-11-32-36(3)14-17)26-24(7-18)37(4)28(40)38(26)5/h6-15H,1-5H3. The number of hydrogen-bond acceptors (Lipinski definition) is 5. The summed E-state index contributed by atoms with van der Waals surface area (Å²) in [5.41, 5.74) is 6.79. The summed E-state index contributed by atoms with van der Waals surface area (Å²) >= 11 is 0. The average molecular weight is 537 g/mol. The van der Waals surface area contributed by atoms with Crippen molar-refractivity contribution in [3.8, 4) is 39.5 Å². The first-order chi connectivity index (χ1) is 19.2. The fourth-order valence-corrected chi connectivity index (χ4v) is 5.43. The van der Waals surface area contributed by atoms with Gasteiger partial charge in [-0.3, -0.25) is 23.1 Å². The number of rotatable bonds is 4. The molecule has 5 aromatic heterocycles. The Morgan fingerprint density at radius 1 is 0.775 bits per heavy atom. The Morgan fingerprint density at radius 3 is 2.10 bits per heavy atom. The summed E-state index contributed by atoms with van der Waals surface area (Å²) in [6.45, 7) is 0. The number of hydrogen-bond donors (Lipinski definition) is 0. The summed E-state index contributed by atoms with van der Waals surface area (Å²) < 4.78 is 26.1. The molecule has 40 heavy (non-hydrogen) atoms. The summed E-state index contributed by atoms with van der Waals surface area (Å²) in [5.74, 6) is 0.203. The largest absolute Gasteiger partial charge is 0.331 e. The lowest BCUT2D eigenvalue weighted by Crippen LogP contribution is -2.19. The van der Waals surface area contributed by atoms with E-state index in [1.165, 1.54) is 6.07 Å². The van der Waals surface area contributed by atoms with Gasteiger partial charge in [0.2, 0.25) is 0 Å². The smallest absolute Gasteiger partial charge is 0.328 e. The van der Waals surface area contributed by atoms with E-state index in [9.17, 15) is 4.79 Å². The van der Waals surface area contributed by atoms with Gasteiger partial charge < -0.3 is 4.57 Å². The highest BCUT2D eigenvalue weighted by Gasteiger charge is 2.23. The van der Waals surface area contributed by atoms with Crippen molar-refractivity contribution in [2.24, 2.45) is 35.2 Å². The van der Waals surface area contributed by atoms with Gasteiger partial charge >= 0.3 is 5.69 Å². The number of benzene rings is 2. The Morgan fingerprint density at radius 2 is 1.48 bits per heavy atom. The van der Waals surface area contributed by atoms with Gasteiger partial charge in [0.1, 0.15) is 11.5 Å². The molecule has 7 aromatic rings. The second-order valence-corrected chi connectivity index (χ2v) is 10.0. The zero-order valence-corrected chi connectivity index (χ0v) is 22.5. The number of nitrogens with zero attached hydrogens (tertiary/aromatic N) is 10. The molecule has 2 aromatic carbocycles. The SMILES string of the molecule is Cn1cc(-c2cc3nc(-c4cncn4C)n(-c4cc(-c5cnn(C)c5)c5c(c4)n(C)c(=O)n5C)c3cc2F)cn1. The zero-order valence-electron chi connectivity index (χ0n) is 22.5. The predicted octanol–water partition coefficient (Wildman–Crippen LogP) is 3.56. The number of fused-ring (bicyclic) bond motifs is 2. The van der Waals surface area contributed by atoms with Crippen LogP contribution in [0.2, 0.25) is 0 Å². The molecule has 0 saturated heterocycles. The maximum Gasteiger partial charge on any atom is 0.328 e. The van der Waals surface area contributed by atoms with Gasteiger partial charge in [-0.25, -0.2) is 19.2 Å². The highest BCUT2D eigenvalue weighted by molar-refractivity contribution is 5.96. The minimum atomic E-state index is -0.390. The molecule has 7 rings (SSSR count). The second kappa shape index (κ2) is 8.37. The third-order valence-corrected chi connectivity index (χ3v) is 7.42. The molecule has 0 atom stereocenters. The quantitative estimate of drug-likeness (QED) is 0.343. The fourth-order valence-electron chi connectivity index (χ4n) is 5.43. The zero-order chi connectivity index (χ0) is 27.9. The van der Waals surface area contributed by atoms with Crippen LogP contribution in [0.3, 0.4) is 0 Å². The maximum atomic E-state index is 15.7. The lowest BCUT2D eigenvalue weighted by Gasteiger charge is -2.13. The van der Waals surface area contributed by atoms with Crippen molar-refractivity contribution in [3.63, 3.8) is 0 Å². The van der Waals surface area contributed by atoms with Gasteiger partial charge in [0.05, 0.1) is 52.7 Å². The van der Waals surface area contributed by atoms with Gasteiger partial charge in [-0.2, -0.15) is 10.2 Å². The third-order valence-electron chi connectivity index (χ3n) is 7.42. The molecule has 0 radical (unpaired) electrons. The third kappa shape index (κ3) is 3.38. The van der Waals surface area contributed by atoms with E-state index in [2.05, 4.69) is 15.2 Å². The van der Waals surface area contributed by atoms with Crippen molar-refractivity contribution in [2.75, 3.05) is 0 Å². The van der Waals surface area contributed by atoms with Crippen LogP contribution in [0, 0.1) is 5.82 Å². The first-order valence-electron chi connectivity index (χ1n) is 12.6. The lowest BCUT2D eigenvalue weighted by atomic mass is 10.1. The molecule has 0 unspecified atom stereocenters. The first-order valence-corrected chi connectivity index (χ1v) is 12.6. The van der Waals surface area contributed by atoms with E-state index < -0.39 is 0 Å². The van der Waals surface area contributed by atoms with E-state index in [0.29, 0.717) is 28.0 Å². The molecule has 0 fully saturated rings. The van der Waals surface area contributed by atoms with E-state index in [0.717, 1.165) is 33.5 Å². The van der Waals surface area contributed by atoms with Crippen LogP contribution in [0.4, 0.5) is 4.39 Å². The molecule has 12 heteroatoms. The second-order valence-electron chi connectivity index (χ2n) is 10.0. The maximum absolute atomic E-state index is 15.7. The Balaban J connectivity index is 1.59. The van der Waals surface area contributed by atoms with Crippen LogP contribution in [0.1, 0.15) is 0 Å². The van der Waals surface area contributed by atoms with E-state index in [1.807, 2.05) is 41.6 Å². The van der Waals surface area contributed by atoms with Crippen LogP contribution in [-0.2, 0) is 35.2 Å². The molecule has 0 aliphatic rings. The molecule has 0 spiro atoms. The van der Waals surface area contributed by atoms with Crippen molar-refractivity contribution >= 4 is 22.1 Å². The van der Waals surface area contributed by atoms with Crippen LogP contribution in [0.15, 0.2) is 66.4 Å². The molecular formula is C28H25FN10O. The van der Waals surface area contributed by atoms with E-state index in [4.69, 9.17) is 4.98 Å². The van der Waals surface area contributed by atoms with Crippen molar-refractivity contribution in [2.45, 2.75) is 0 Å². The average Bonchev–Trinajstić information content (AvgIpc) is 3.75. The van der Waals surface area contributed by atoms with Crippen LogP contribution in [0.25, 0.3) is 61.5 Å². The van der Waals surface area contributed by atoms with E-state index in [-0.39, 0.29) is 11.5 Å². The van der Waals surface area contributed by atoms with Gasteiger partial charge in [0.15, 0.2) is 5.82 Å². The Kier molecular flexibility index (Phi) is 4.98. The van der Waals surface area contributed by atoms with Gasteiger partial charge in [-0.15, -0.1) is 0 Å². The number of aryl methyl sites for hydroxylation is 5. The Labute approximate surface area is 227 Å². The summed E-state index contributed by atoms with van der Waals surface area (Å²) in [4.78, 5) is 22.3. The van der Waals surface area contributed by atoms with Crippen LogP contribution in [-0.4, -0.2) is 47.8 Å². The molecule has 0 N–H and O–H groups in total. The minimum absolute atomic E-state index is 0.146. The monoisotopic (exact) mass is 536 g/mol. The molecule has 0 amide bonds. The summed E-state index contributed by atoms with van der Waals surface area (Å²) in [6.07, 6.45) is 10.5. The fraction of sp³-hybridized carbons (Fsp3) is 0.179. The van der Waals surface area contributed by atoms with Crippen molar-refractivity contribution in [1.82, 2.24) is 47.8 Å². The van der Waals surface area contributed by atoms with Gasteiger partial charge in [0.25, 0.3) is 0 Å². The van der Waals surface area contributed by atoms with Gasteiger partial charge in [-0.1, -0.05) is 0 Å². The van der Waals surface area contributed by atoms with Crippen molar-refractivity contribution < 1.29 is 4.39 Å². The molecule has 0 aliphatic carbocycles.